The molecule has 0 fully saturated rings. The van der Waals surface area contributed by atoms with Gasteiger partial charge in [0, 0.05) is 60.6 Å². The van der Waals surface area contributed by atoms with Gasteiger partial charge in [-0.3, -0.25) is 24.5 Å². The van der Waals surface area contributed by atoms with E-state index in [0.29, 0.717) is 17.1 Å². The molecule has 0 saturated heterocycles. The molecule has 393 valence electrons. The first kappa shape index (κ1) is 59.2. The summed E-state index contributed by atoms with van der Waals surface area (Å²) in [5.74, 6) is 0. The Kier molecular flexibility index (Phi) is 24.6. The van der Waals surface area contributed by atoms with E-state index < -0.39 is 13.6 Å². The van der Waals surface area contributed by atoms with Gasteiger partial charge < -0.3 is 15.1 Å². The second-order valence-electron chi connectivity index (χ2n) is 18.4. The fourth-order valence-corrected chi connectivity index (χ4v) is 12.7. The molecular formula is C61H70N6O3PRuS3. The molecule has 1 unspecified atom stereocenters. The Morgan fingerprint density at radius 1 is 0.547 bits per heavy atom. The molecule has 0 amide bonds. The molecule has 1 radical (unpaired) electrons. The molecule has 0 saturated carbocycles. The molecule has 8 aromatic heterocycles. The van der Waals surface area contributed by atoms with Crippen molar-refractivity contribution in [3.05, 3.63) is 185 Å². The third-order valence-electron chi connectivity index (χ3n) is 12.4. The van der Waals surface area contributed by atoms with Crippen molar-refractivity contribution in [2.24, 2.45) is 0 Å². The van der Waals surface area contributed by atoms with E-state index >= 15 is 0 Å². The van der Waals surface area contributed by atoms with Gasteiger partial charge in [0.2, 0.25) is 0 Å². The van der Waals surface area contributed by atoms with Crippen LogP contribution in [-0.4, -0.2) is 34.7 Å². The van der Waals surface area contributed by atoms with Crippen LogP contribution in [0, 0.1) is 0 Å². The molecule has 75 heavy (non-hydrogen) atoms. The van der Waals surface area contributed by atoms with Gasteiger partial charge in [-0.15, -0.1) is 39.7 Å². The van der Waals surface area contributed by atoms with E-state index in [9.17, 15) is 14.4 Å². The van der Waals surface area contributed by atoms with E-state index in [1.165, 1.54) is 133 Å². The number of pyridine rings is 5. The Bertz CT molecular complexity index is 2960. The average Bonchev–Trinajstić information content (AvgIpc) is 4.24. The smallest absolute Gasteiger partial charge is 0.672 e. The summed E-state index contributed by atoms with van der Waals surface area (Å²) in [6, 6.07) is 35.7. The quantitative estimate of drug-likeness (QED) is 0.0389. The van der Waals surface area contributed by atoms with Gasteiger partial charge in [0.25, 0.3) is 0 Å². The van der Waals surface area contributed by atoms with E-state index in [-0.39, 0.29) is 24.8 Å². The summed E-state index contributed by atoms with van der Waals surface area (Å²) < 4.78 is 11.6. The Morgan fingerprint density at radius 2 is 1.05 bits per heavy atom. The molecule has 0 bridgehead atoms. The minimum Gasteiger partial charge on any atom is -0.672 e. The van der Waals surface area contributed by atoms with Crippen LogP contribution in [0.15, 0.2) is 157 Å². The molecule has 9 nitrogen and oxygen atoms in total. The van der Waals surface area contributed by atoms with Gasteiger partial charge in [-0.2, -0.15) is 0 Å². The fourth-order valence-electron chi connectivity index (χ4n) is 8.69. The summed E-state index contributed by atoms with van der Waals surface area (Å²) in [6.07, 6.45) is 29.3. The van der Waals surface area contributed by atoms with Crippen LogP contribution in [0.3, 0.4) is 0 Å². The molecule has 9 rings (SSSR count). The summed E-state index contributed by atoms with van der Waals surface area (Å²) >= 11 is 5.84. The molecule has 1 aliphatic rings. The standard InChI is InChI=1S/C43H49N3S3.C15H13N3O3P.C3H8.Ru/c1-3-5-7-9-11-13-20-33-34(21-14-12-10-8-6-4-2)43(49-42(33)40-24-19-29-47-40)41-26-25-39(48-41)32-30-37(35-22-15-17-27-44-35)46-38(31-32)36-23-16-18-28-45-36;19-22(20,21)11-9-14(12-5-1-3-7-16-12)18-15(10-11)13-6-2-4-8-17-13;1-3-2;/h15-19,22-31H,3-14,20-21H2,1-2H3;1-10,14H,(H2,19,20,21);3H2,1-2H3;/q;-1;;+1. The Labute approximate surface area is 470 Å². The number of hydrogen-bond donors (Lipinski definition) is 2. The monoisotopic (exact) mass is 1160 g/mol. The first-order valence-electron chi connectivity index (χ1n) is 26.4. The van der Waals surface area contributed by atoms with Gasteiger partial charge in [0.1, 0.15) is 0 Å². The Balaban J connectivity index is 0.000000292. The third-order valence-corrected chi connectivity index (χ3v) is 17.0. The molecule has 1 aliphatic heterocycles. The van der Waals surface area contributed by atoms with Crippen LogP contribution in [0.5, 0.6) is 0 Å². The molecule has 9 heterocycles. The SMILES string of the molecule is CCC.CCCCCCCCc1c(-c2cccs2)sc(-c2ccc(-c3cc(-c4ccccn4)nc(-c4ccccn4)c3)s2)c1CCCCCCCC.O=P(O)(O)C1=CC(c2ccccn2)[N-]C(c2ccccn2)=C1.[Ru+]. The van der Waals surface area contributed by atoms with Crippen LogP contribution in [0.4, 0.5) is 0 Å². The van der Waals surface area contributed by atoms with Crippen molar-refractivity contribution in [1.29, 1.82) is 0 Å². The predicted molar refractivity (Wildman–Crippen MR) is 313 cm³/mol. The van der Waals surface area contributed by atoms with Crippen LogP contribution in [0.1, 0.15) is 140 Å². The van der Waals surface area contributed by atoms with Crippen LogP contribution in [-0.2, 0) is 36.9 Å². The topological polar surface area (TPSA) is 136 Å². The average molecular weight is 1160 g/mol. The van der Waals surface area contributed by atoms with Crippen LogP contribution < -0.4 is 0 Å². The number of unbranched alkanes of at least 4 members (excludes halogenated alkanes) is 10. The zero-order valence-corrected chi connectivity index (χ0v) is 48.7. The molecular weight excluding hydrogens is 1090 g/mol. The molecule has 1 atom stereocenters. The molecule has 0 aromatic carbocycles. The summed E-state index contributed by atoms with van der Waals surface area (Å²) in [4.78, 5) is 48.7. The molecule has 2 N–H and O–H groups in total. The normalized spacial score (nSPS) is 13.0. The van der Waals surface area contributed by atoms with Crippen molar-refractivity contribution in [1.82, 2.24) is 24.9 Å². The maximum absolute atomic E-state index is 11.6. The van der Waals surface area contributed by atoms with Crippen LogP contribution >= 0.6 is 41.6 Å². The van der Waals surface area contributed by atoms with Gasteiger partial charge in [-0.05, 0) is 127 Å². The summed E-state index contributed by atoms with van der Waals surface area (Å²) in [6.45, 7) is 8.86. The number of hydrogen-bond acceptors (Lipinski definition) is 9. The van der Waals surface area contributed by atoms with E-state index in [0.717, 1.165) is 28.3 Å². The van der Waals surface area contributed by atoms with Crippen molar-refractivity contribution in [2.75, 3.05) is 0 Å². The van der Waals surface area contributed by atoms with E-state index in [2.05, 4.69) is 94.7 Å². The van der Waals surface area contributed by atoms with Crippen molar-refractivity contribution < 1.29 is 33.8 Å². The molecule has 0 spiro atoms. The van der Waals surface area contributed by atoms with Gasteiger partial charge in [0.15, 0.2) is 0 Å². The summed E-state index contributed by atoms with van der Waals surface area (Å²) in [5, 5.41) is 6.67. The molecule has 8 aromatic rings. The predicted octanol–water partition coefficient (Wildman–Crippen LogP) is 18.6. The first-order chi connectivity index (χ1) is 36.2. The molecule has 14 heteroatoms. The second-order valence-corrected chi connectivity index (χ2v) is 23.0. The summed E-state index contributed by atoms with van der Waals surface area (Å²) in [7, 11) is -4.39. The van der Waals surface area contributed by atoms with Crippen molar-refractivity contribution in [3.8, 4) is 52.7 Å². The largest absolute Gasteiger partial charge is 1.00 e. The number of allylic oxidation sites excluding steroid dienone is 2. The van der Waals surface area contributed by atoms with Gasteiger partial charge >= 0.3 is 27.1 Å². The minimum atomic E-state index is -4.39. The minimum absolute atomic E-state index is 0. The van der Waals surface area contributed by atoms with E-state index in [1.54, 1.807) is 53.9 Å². The maximum atomic E-state index is 11.6. The van der Waals surface area contributed by atoms with Crippen molar-refractivity contribution in [2.45, 2.75) is 130 Å². The Hall–Kier alpha value is -5.10. The van der Waals surface area contributed by atoms with Crippen molar-refractivity contribution >= 4 is 47.3 Å². The molecule has 0 aliphatic carbocycles. The number of aromatic nitrogens is 5. The van der Waals surface area contributed by atoms with E-state index in [4.69, 9.17) is 4.98 Å². The maximum Gasteiger partial charge on any atom is 1.00 e. The number of rotatable bonds is 22. The third kappa shape index (κ3) is 17.5. The number of thiophene rings is 3. The van der Waals surface area contributed by atoms with Gasteiger partial charge in [-0.25, -0.2) is 4.98 Å². The Morgan fingerprint density at radius 3 is 1.55 bits per heavy atom. The zero-order valence-electron chi connectivity index (χ0n) is 43.6. The van der Waals surface area contributed by atoms with Crippen LogP contribution in [0.2, 0.25) is 0 Å². The van der Waals surface area contributed by atoms with Crippen LogP contribution in [0.25, 0.3) is 63.7 Å². The van der Waals surface area contributed by atoms with Gasteiger partial charge in [-0.1, -0.05) is 147 Å². The first-order valence-corrected chi connectivity index (χ1v) is 30.5. The second kappa shape index (κ2) is 31.2. The fraction of sp³-hybridized carbons (Fsp3) is 0.328. The number of nitrogens with zero attached hydrogens (tertiary/aromatic N) is 6. The van der Waals surface area contributed by atoms with Gasteiger partial charge in [0.05, 0.1) is 28.1 Å². The zero-order chi connectivity index (χ0) is 52.0. The van der Waals surface area contributed by atoms with Crippen molar-refractivity contribution in [3.63, 3.8) is 0 Å². The summed E-state index contributed by atoms with van der Waals surface area (Å²) in [5.41, 5.74) is 9.49. The van der Waals surface area contributed by atoms with E-state index in [1.807, 2.05) is 88.9 Å².